The number of Topliss-reactive ketones (excluding diaryl/α,β-unsaturated/α-hetero) is 1. The van der Waals surface area contributed by atoms with Gasteiger partial charge in [-0.25, -0.2) is 0 Å². The molecule has 0 saturated carbocycles. The van der Waals surface area contributed by atoms with Crippen molar-refractivity contribution in [3.63, 3.8) is 0 Å². The molecule has 0 N–H and O–H groups in total. The zero-order valence-corrected chi connectivity index (χ0v) is 12.0. The van der Waals surface area contributed by atoms with Crippen LogP contribution in [0.4, 0.5) is 0 Å². The number of rotatable bonds is 7. The number of hydrogen-bond acceptors (Lipinski definition) is 3. The average Bonchev–Trinajstić information content (AvgIpc) is 2.33. The van der Waals surface area contributed by atoms with Crippen molar-refractivity contribution in [1.29, 1.82) is 0 Å². The highest BCUT2D eigenvalue weighted by Gasteiger charge is 2.16. The first-order valence-corrected chi connectivity index (χ1v) is 6.73. The molecule has 1 aromatic rings. The van der Waals surface area contributed by atoms with Crippen LogP contribution >= 0.6 is 23.2 Å². The van der Waals surface area contributed by atoms with Crippen molar-refractivity contribution in [2.24, 2.45) is 0 Å². The zero-order valence-electron chi connectivity index (χ0n) is 10.5. The summed E-state index contributed by atoms with van der Waals surface area (Å²) in [6, 6.07) is 3.23. The summed E-state index contributed by atoms with van der Waals surface area (Å²) in [6.45, 7) is 4.65. The summed E-state index contributed by atoms with van der Waals surface area (Å²) in [6.07, 6.45) is 0.259. The van der Waals surface area contributed by atoms with Gasteiger partial charge in [-0.1, -0.05) is 11.6 Å². The topological polar surface area (TPSA) is 35.5 Å². The van der Waals surface area contributed by atoms with Crippen LogP contribution in [-0.2, 0) is 0 Å². The van der Waals surface area contributed by atoms with Crippen LogP contribution in [0.3, 0.4) is 0 Å². The smallest absolute Gasteiger partial charge is 0.167 e. The van der Waals surface area contributed by atoms with Crippen LogP contribution in [0.25, 0.3) is 0 Å². The van der Waals surface area contributed by atoms with Gasteiger partial charge in [-0.05, 0) is 19.9 Å². The van der Waals surface area contributed by atoms with Crippen molar-refractivity contribution in [2.45, 2.75) is 20.3 Å². The monoisotopic (exact) mass is 290 g/mol. The molecule has 0 saturated heterocycles. The molecule has 0 aliphatic carbocycles. The second-order valence-electron chi connectivity index (χ2n) is 3.51. The number of hydrogen-bond donors (Lipinski definition) is 0. The molecule has 5 heteroatoms. The molecule has 1 aromatic carbocycles. The molecule has 3 nitrogen and oxygen atoms in total. The van der Waals surface area contributed by atoms with Crippen molar-refractivity contribution in [2.75, 3.05) is 19.1 Å². The highest BCUT2D eigenvalue weighted by atomic mass is 35.5. The fraction of sp³-hybridized carbons (Fsp3) is 0.462. The molecule has 0 bridgehead atoms. The Morgan fingerprint density at radius 3 is 2.33 bits per heavy atom. The maximum Gasteiger partial charge on any atom is 0.167 e. The molecule has 0 atom stereocenters. The molecular weight excluding hydrogens is 275 g/mol. The number of benzene rings is 1. The minimum Gasteiger partial charge on any atom is -0.493 e. The predicted octanol–water partition coefficient (Wildman–Crippen LogP) is 3.95. The summed E-state index contributed by atoms with van der Waals surface area (Å²) in [5.41, 5.74) is 0.463. The van der Waals surface area contributed by atoms with E-state index >= 15 is 0 Å². The number of carbonyl (C=O) groups excluding carboxylic acids is 1. The Morgan fingerprint density at radius 2 is 1.78 bits per heavy atom. The van der Waals surface area contributed by atoms with E-state index in [-0.39, 0.29) is 18.1 Å². The maximum atomic E-state index is 11.9. The quantitative estimate of drug-likeness (QED) is 0.563. The zero-order chi connectivity index (χ0) is 13.5. The molecule has 1 rings (SSSR count). The summed E-state index contributed by atoms with van der Waals surface area (Å²) in [5.74, 6) is 1.16. The van der Waals surface area contributed by atoms with E-state index in [2.05, 4.69) is 0 Å². The first-order chi connectivity index (χ1) is 8.63. The largest absolute Gasteiger partial charge is 0.493 e. The Labute approximate surface area is 117 Å². The molecule has 0 amide bonds. The Balaban J connectivity index is 3.16. The van der Waals surface area contributed by atoms with E-state index in [4.69, 9.17) is 32.7 Å². The lowest BCUT2D eigenvalue weighted by atomic mass is 10.1. The van der Waals surface area contributed by atoms with Crippen LogP contribution in [0.1, 0.15) is 30.6 Å². The van der Waals surface area contributed by atoms with Gasteiger partial charge in [0.25, 0.3) is 0 Å². The van der Waals surface area contributed by atoms with Gasteiger partial charge in [0.2, 0.25) is 0 Å². The standard InChI is InChI=1S/C13H16Cl2O3/c1-3-17-12-8-10(15)13(18-4-2)7-9(12)11(16)5-6-14/h7-8H,3-6H2,1-2H3. The minimum atomic E-state index is -0.0777. The van der Waals surface area contributed by atoms with Gasteiger partial charge in [-0.3, -0.25) is 4.79 Å². The molecule has 0 heterocycles. The third-order valence-electron chi connectivity index (χ3n) is 2.26. The van der Waals surface area contributed by atoms with Gasteiger partial charge in [-0.2, -0.15) is 0 Å². The normalized spacial score (nSPS) is 10.2. The van der Waals surface area contributed by atoms with Crippen molar-refractivity contribution in [3.05, 3.63) is 22.7 Å². The molecule has 18 heavy (non-hydrogen) atoms. The Kier molecular flexibility index (Phi) is 6.30. The Hall–Kier alpha value is -0.930. The Bertz CT molecular complexity index is 419. The third-order valence-corrected chi connectivity index (χ3v) is 2.74. The molecule has 100 valence electrons. The lowest BCUT2D eigenvalue weighted by Crippen LogP contribution is -2.06. The molecule has 0 spiro atoms. The summed E-state index contributed by atoms with van der Waals surface area (Å²) in [4.78, 5) is 11.9. The number of carbonyl (C=O) groups is 1. The van der Waals surface area contributed by atoms with E-state index < -0.39 is 0 Å². The first kappa shape index (κ1) is 15.1. The van der Waals surface area contributed by atoms with Gasteiger partial charge in [0.05, 0.1) is 23.8 Å². The summed E-state index contributed by atoms with van der Waals surface area (Å²) in [5, 5.41) is 0.433. The molecule has 0 fully saturated rings. The maximum absolute atomic E-state index is 11.9. The van der Waals surface area contributed by atoms with E-state index in [9.17, 15) is 4.79 Å². The van der Waals surface area contributed by atoms with Crippen molar-refractivity contribution in [3.8, 4) is 11.5 Å². The lowest BCUT2D eigenvalue weighted by molar-refractivity contribution is 0.0985. The molecular formula is C13H16Cl2O3. The van der Waals surface area contributed by atoms with Gasteiger partial charge in [0.15, 0.2) is 5.78 Å². The highest BCUT2D eigenvalue weighted by Crippen LogP contribution is 2.33. The van der Waals surface area contributed by atoms with Crippen molar-refractivity contribution in [1.82, 2.24) is 0 Å². The second kappa shape index (κ2) is 7.49. The van der Waals surface area contributed by atoms with Gasteiger partial charge < -0.3 is 9.47 Å². The second-order valence-corrected chi connectivity index (χ2v) is 4.29. The number of halogens is 2. The van der Waals surface area contributed by atoms with E-state index in [1.54, 1.807) is 12.1 Å². The van der Waals surface area contributed by atoms with Crippen molar-refractivity contribution >= 4 is 29.0 Å². The van der Waals surface area contributed by atoms with Gasteiger partial charge in [0, 0.05) is 18.4 Å². The summed E-state index contributed by atoms with van der Waals surface area (Å²) in [7, 11) is 0. The number of ether oxygens (including phenoxy) is 2. The molecule has 0 aliphatic heterocycles. The molecule has 0 aromatic heterocycles. The molecule has 0 aliphatic rings. The van der Waals surface area contributed by atoms with E-state index in [1.807, 2.05) is 13.8 Å². The minimum absolute atomic E-state index is 0.0777. The van der Waals surface area contributed by atoms with Crippen LogP contribution in [0.15, 0.2) is 12.1 Å². The van der Waals surface area contributed by atoms with Gasteiger partial charge >= 0.3 is 0 Å². The lowest BCUT2D eigenvalue weighted by Gasteiger charge is -2.13. The van der Waals surface area contributed by atoms with Gasteiger partial charge in [-0.15, -0.1) is 11.6 Å². The van der Waals surface area contributed by atoms with E-state index in [0.717, 1.165) is 0 Å². The van der Waals surface area contributed by atoms with Gasteiger partial charge in [0.1, 0.15) is 11.5 Å². The van der Waals surface area contributed by atoms with E-state index in [1.165, 1.54) is 0 Å². The highest BCUT2D eigenvalue weighted by molar-refractivity contribution is 6.32. The number of alkyl halides is 1. The predicted molar refractivity (Wildman–Crippen MR) is 73.5 cm³/mol. The average molecular weight is 291 g/mol. The SMILES string of the molecule is CCOc1cc(C(=O)CCCl)c(OCC)cc1Cl. The molecule has 0 radical (unpaired) electrons. The van der Waals surface area contributed by atoms with Crippen LogP contribution in [0.5, 0.6) is 11.5 Å². The fourth-order valence-electron chi connectivity index (χ4n) is 1.51. The van der Waals surface area contributed by atoms with E-state index in [0.29, 0.717) is 35.3 Å². The van der Waals surface area contributed by atoms with Crippen LogP contribution in [0.2, 0.25) is 5.02 Å². The molecule has 0 unspecified atom stereocenters. The summed E-state index contributed by atoms with van der Waals surface area (Å²) >= 11 is 11.6. The first-order valence-electron chi connectivity index (χ1n) is 5.82. The Morgan fingerprint density at radius 1 is 1.17 bits per heavy atom. The summed E-state index contributed by atoms with van der Waals surface area (Å²) < 4.78 is 10.8. The third kappa shape index (κ3) is 3.79. The van der Waals surface area contributed by atoms with Crippen LogP contribution < -0.4 is 9.47 Å². The van der Waals surface area contributed by atoms with Crippen LogP contribution in [-0.4, -0.2) is 24.9 Å². The fourth-order valence-corrected chi connectivity index (χ4v) is 1.89. The number of ketones is 1. The van der Waals surface area contributed by atoms with Crippen LogP contribution in [0, 0.1) is 0 Å². The van der Waals surface area contributed by atoms with Crippen molar-refractivity contribution < 1.29 is 14.3 Å².